The summed E-state index contributed by atoms with van der Waals surface area (Å²) in [6, 6.07) is 8.13. The van der Waals surface area contributed by atoms with Crippen molar-refractivity contribution in [3.8, 4) is 0 Å². The minimum Gasteiger partial charge on any atom is -0.478 e. The van der Waals surface area contributed by atoms with Crippen molar-refractivity contribution in [1.82, 2.24) is 4.90 Å². The van der Waals surface area contributed by atoms with Crippen LogP contribution < -0.4 is 0 Å². The number of likely N-dealkylation sites (tertiary alicyclic amines) is 1. The molecule has 0 amide bonds. The molecular formula is C17H23NO2. The molecule has 108 valence electrons. The highest BCUT2D eigenvalue weighted by Gasteiger charge is 2.33. The normalized spacial score (nSPS) is 27.0. The molecule has 1 saturated heterocycles. The Hall–Kier alpha value is -1.35. The van der Waals surface area contributed by atoms with E-state index in [0.717, 1.165) is 24.6 Å². The predicted octanol–water partition coefficient (Wildman–Crippen LogP) is 3.54. The lowest BCUT2D eigenvalue weighted by Gasteiger charge is -2.44. The van der Waals surface area contributed by atoms with Crippen LogP contribution in [0.4, 0.5) is 0 Å². The van der Waals surface area contributed by atoms with Crippen LogP contribution in [-0.4, -0.2) is 28.6 Å². The summed E-state index contributed by atoms with van der Waals surface area (Å²) in [5, 5.41) is 9.31. The fourth-order valence-corrected chi connectivity index (χ4v) is 4.01. The highest BCUT2D eigenvalue weighted by molar-refractivity contribution is 5.89. The van der Waals surface area contributed by atoms with E-state index in [4.69, 9.17) is 0 Å². The average Bonchev–Trinajstić information content (AvgIpc) is 2.48. The summed E-state index contributed by atoms with van der Waals surface area (Å²) in [5.41, 5.74) is 1.43. The molecule has 2 aliphatic rings. The van der Waals surface area contributed by atoms with Crippen molar-refractivity contribution in [2.45, 2.75) is 51.1 Å². The van der Waals surface area contributed by atoms with Gasteiger partial charge in [-0.3, -0.25) is 4.90 Å². The van der Waals surface area contributed by atoms with Crippen molar-refractivity contribution >= 4 is 5.97 Å². The molecule has 2 unspecified atom stereocenters. The molecule has 1 saturated carbocycles. The summed E-state index contributed by atoms with van der Waals surface area (Å²) >= 11 is 0. The number of hydrogen-bond donors (Lipinski definition) is 1. The first-order chi connectivity index (χ1) is 9.75. The van der Waals surface area contributed by atoms with Crippen LogP contribution in [0.1, 0.15) is 54.4 Å². The van der Waals surface area contributed by atoms with Crippen molar-refractivity contribution in [2.24, 2.45) is 5.92 Å². The van der Waals surface area contributed by atoms with Gasteiger partial charge in [-0.05, 0) is 49.8 Å². The molecular weight excluding hydrogens is 250 g/mol. The molecule has 2 atom stereocenters. The second-order valence-electron chi connectivity index (χ2n) is 6.19. The average molecular weight is 273 g/mol. The van der Waals surface area contributed by atoms with Gasteiger partial charge in [0, 0.05) is 12.6 Å². The third-order valence-electron chi connectivity index (χ3n) is 4.98. The van der Waals surface area contributed by atoms with Crippen molar-refractivity contribution in [3.05, 3.63) is 35.4 Å². The van der Waals surface area contributed by atoms with Crippen LogP contribution in [0.3, 0.4) is 0 Å². The fourth-order valence-electron chi connectivity index (χ4n) is 4.01. The van der Waals surface area contributed by atoms with E-state index in [1.54, 1.807) is 6.07 Å². The summed E-state index contributed by atoms with van der Waals surface area (Å²) in [7, 11) is 0. The maximum atomic E-state index is 11.3. The second kappa shape index (κ2) is 5.96. The summed E-state index contributed by atoms with van der Waals surface area (Å²) in [4.78, 5) is 13.9. The molecule has 0 aromatic heterocycles. The van der Waals surface area contributed by atoms with E-state index < -0.39 is 5.97 Å². The molecule has 2 fully saturated rings. The zero-order valence-electron chi connectivity index (χ0n) is 11.9. The Bertz CT molecular complexity index is 484. The highest BCUT2D eigenvalue weighted by Crippen LogP contribution is 2.36. The molecule has 0 radical (unpaired) electrons. The Kier molecular flexibility index (Phi) is 4.06. The number of rotatable bonds is 3. The highest BCUT2D eigenvalue weighted by atomic mass is 16.4. The van der Waals surface area contributed by atoms with Gasteiger partial charge in [0.2, 0.25) is 0 Å². The summed E-state index contributed by atoms with van der Waals surface area (Å²) in [6.45, 7) is 1.92. The molecule has 1 aliphatic carbocycles. The first-order valence-corrected chi connectivity index (χ1v) is 7.81. The maximum absolute atomic E-state index is 11.3. The van der Waals surface area contributed by atoms with Gasteiger partial charge in [-0.1, -0.05) is 31.0 Å². The molecule has 20 heavy (non-hydrogen) atoms. The monoisotopic (exact) mass is 273 g/mol. The van der Waals surface area contributed by atoms with E-state index in [9.17, 15) is 9.90 Å². The topological polar surface area (TPSA) is 40.5 Å². The van der Waals surface area contributed by atoms with Gasteiger partial charge in [0.05, 0.1) is 5.56 Å². The zero-order valence-corrected chi connectivity index (χ0v) is 11.9. The van der Waals surface area contributed by atoms with Gasteiger partial charge in [0.25, 0.3) is 0 Å². The van der Waals surface area contributed by atoms with Gasteiger partial charge in [-0.2, -0.15) is 0 Å². The van der Waals surface area contributed by atoms with Crippen LogP contribution in [0.15, 0.2) is 24.3 Å². The third-order valence-corrected chi connectivity index (χ3v) is 4.98. The standard InChI is InChI=1S/C17H23NO2/c19-17(20)15-9-3-1-7-14(15)12-18-11-5-8-13-6-2-4-10-16(13)18/h1,3,7,9,13,16H,2,4-6,8,10-12H2,(H,19,20). The van der Waals surface area contributed by atoms with Gasteiger partial charge in [0.15, 0.2) is 0 Å². The largest absolute Gasteiger partial charge is 0.478 e. The van der Waals surface area contributed by atoms with Gasteiger partial charge in [-0.25, -0.2) is 4.79 Å². The van der Waals surface area contributed by atoms with Crippen molar-refractivity contribution in [1.29, 1.82) is 0 Å². The van der Waals surface area contributed by atoms with Crippen LogP contribution in [0.5, 0.6) is 0 Å². The van der Waals surface area contributed by atoms with Crippen LogP contribution in [0.25, 0.3) is 0 Å². The first-order valence-electron chi connectivity index (χ1n) is 7.81. The van der Waals surface area contributed by atoms with E-state index in [1.165, 1.54) is 38.5 Å². The molecule has 1 aliphatic heterocycles. The van der Waals surface area contributed by atoms with E-state index >= 15 is 0 Å². The molecule has 1 N–H and O–H groups in total. The Morgan fingerprint density at radius 2 is 1.90 bits per heavy atom. The summed E-state index contributed by atoms with van der Waals surface area (Å²) in [5.74, 6) is 0.0345. The fraction of sp³-hybridized carbons (Fsp3) is 0.588. The molecule has 3 rings (SSSR count). The predicted molar refractivity (Wildman–Crippen MR) is 78.8 cm³/mol. The van der Waals surface area contributed by atoms with Crippen LogP contribution in [0, 0.1) is 5.92 Å². The molecule has 0 bridgehead atoms. The van der Waals surface area contributed by atoms with Crippen LogP contribution in [-0.2, 0) is 6.54 Å². The number of benzene rings is 1. The SMILES string of the molecule is O=C(O)c1ccccc1CN1CCCC2CCCCC21. The third kappa shape index (κ3) is 2.73. The Morgan fingerprint density at radius 3 is 2.75 bits per heavy atom. The lowest BCUT2D eigenvalue weighted by atomic mass is 9.78. The van der Waals surface area contributed by atoms with Crippen LogP contribution >= 0.6 is 0 Å². The Balaban J connectivity index is 1.78. The second-order valence-corrected chi connectivity index (χ2v) is 6.19. The van der Waals surface area contributed by atoms with Gasteiger partial charge in [0.1, 0.15) is 0 Å². The van der Waals surface area contributed by atoms with Crippen LogP contribution in [0.2, 0.25) is 0 Å². The lowest BCUT2D eigenvalue weighted by molar-refractivity contribution is 0.0535. The number of carbonyl (C=O) groups is 1. The van der Waals surface area contributed by atoms with E-state index in [2.05, 4.69) is 4.90 Å². The molecule has 3 heteroatoms. The van der Waals surface area contributed by atoms with E-state index in [-0.39, 0.29) is 0 Å². The minimum atomic E-state index is -0.808. The molecule has 1 heterocycles. The number of carboxylic acid groups (broad SMARTS) is 1. The number of nitrogens with zero attached hydrogens (tertiary/aromatic N) is 1. The van der Waals surface area contributed by atoms with Gasteiger partial charge >= 0.3 is 5.97 Å². The van der Waals surface area contributed by atoms with Gasteiger partial charge in [-0.15, -0.1) is 0 Å². The summed E-state index contributed by atoms with van der Waals surface area (Å²) in [6.07, 6.45) is 7.98. The Labute approximate surface area is 120 Å². The number of carboxylic acids is 1. The zero-order chi connectivity index (χ0) is 13.9. The van der Waals surface area contributed by atoms with E-state index in [1.807, 2.05) is 18.2 Å². The number of fused-ring (bicyclic) bond motifs is 1. The lowest BCUT2D eigenvalue weighted by Crippen LogP contribution is -2.46. The number of hydrogen-bond acceptors (Lipinski definition) is 2. The van der Waals surface area contributed by atoms with Crippen molar-refractivity contribution in [3.63, 3.8) is 0 Å². The van der Waals surface area contributed by atoms with Crippen molar-refractivity contribution in [2.75, 3.05) is 6.54 Å². The molecule has 1 aromatic carbocycles. The Morgan fingerprint density at radius 1 is 1.15 bits per heavy atom. The minimum absolute atomic E-state index is 0.463. The smallest absolute Gasteiger partial charge is 0.336 e. The summed E-state index contributed by atoms with van der Waals surface area (Å²) < 4.78 is 0. The molecule has 0 spiro atoms. The first kappa shape index (κ1) is 13.6. The number of aromatic carboxylic acids is 1. The molecule has 3 nitrogen and oxygen atoms in total. The quantitative estimate of drug-likeness (QED) is 0.915. The molecule has 1 aromatic rings. The van der Waals surface area contributed by atoms with Gasteiger partial charge < -0.3 is 5.11 Å². The van der Waals surface area contributed by atoms with Crippen molar-refractivity contribution < 1.29 is 9.90 Å². The number of piperidine rings is 1. The maximum Gasteiger partial charge on any atom is 0.336 e. The van der Waals surface area contributed by atoms with E-state index in [0.29, 0.717) is 11.6 Å².